The fourth-order valence-electron chi connectivity index (χ4n) is 2.89. The largest absolute Gasteiger partial charge is 0.338 e. The van der Waals surface area contributed by atoms with Gasteiger partial charge >= 0.3 is 6.03 Å². The highest BCUT2D eigenvalue weighted by Gasteiger charge is 2.15. The number of carbonyl (C=O) groups is 1. The topological polar surface area (TPSA) is 44.4 Å². The van der Waals surface area contributed by atoms with Gasteiger partial charge in [-0.15, -0.1) is 0 Å². The molecular weight excluding hydrogens is 281 g/mol. The number of nitrogens with one attached hydrogen (secondary N) is 2. The van der Waals surface area contributed by atoms with Gasteiger partial charge in [0.25, 0.3) is 0 Å². The molecule has 1 aromatic rings. The van der Waals surface area contributed by atoms with Gasteiger partial charge in [0.2, 0.25) is 0 Å². The van der Waals surface area contributed by atoms with Crippen molar-refractivity contribution in [2.75, 3.05) is 32.7 Å². The Kier molecular flexibility index (Phi) is 6.65. The Labute approximate surface area is 132 Å². The van der Waals surface area contributed by atoms with E-state index >= 15 is 0 Å². The number of likely N-dealkylation sites (tertiary alicyclic amines) is 1. The van der Waals surface area contributed by atoms with Crippen molar-refractivity contribution < 1.29 is 9.18 Å². The molecule has 1 unspecified atom stereocenters. The van der Waals surface area contributed by atoms with Crippen molar-refractivity contribution in [3.05, 3.63) is 35.6 Å². The van der Waals surface area contributed by atoms with Gasteiger partial charge in [-0.2, -0.15) is 0 Å². The van der Waals surface area contributed by atoms with Crippen LogP contribution in [0.2, 0.25) is 0 Å². The molecule has 1 heterocycles. The van der Waals surface area contributed by atoms with Crippen LogP contribution in [0.5, 0.6) is 0 Å². The predicted molar refractivity (Wildman–Crippen MR) is 86.3 cm³/mol. The first-order valence-electron chi connectivity index (χ1n) is 8.12. The Morgan fingerprint density at radius 1 is 1.36 bits per heavy atom. The predicted octanol–water partition coefficient (Wildman–Crippen LogP) is 2.40. The molecule has 1 aliphatic heterocycles. The SMILES string of the molecule is CC1CCCN(CCNC(=O)NCCc2cccc(F)c2)C1. The lowest BCUT2D eigenvalue weighted by Crippen LogP contribution is -2.43. The van der Waals surface area contributed by atoms with Gasteiger partial charge in [-0.1, -0.05) is 19.1 Å². The van der Waals surface area contributed by atoms with Crippen molar-refractivity contribution in [2.24, 2.45) is 5.92 Å². The second-order valence-corrected chi connectivity index (χ2v) is 6.11. The quantitative estimate of drug-likeness (QED) is 0.847. The lowest BCUT2D eigenvalue weighted by atomic mass is 10.0. The fourth-order valence-corrected chi connectivity index (χ4v) is 2.89. The molecule has 1 aromatic carbocycles. The fraction of sp³-hybridized carbons (Fsp3) is 0.588. The summed E-state index contributed by atoms with van der Waals surface area (Å²) in [7, 11) is 0. The molecule has 1 saturated heterocycles. The molecule has 0 aromatic heterocycles. The minimum Gasteiger partial charge on any atom is -0.338 e. The summed E-state index contributed by atoms with van der Waals surface area (Å²) in [6.07, 6.45) is 3.19. The summed E-state index contributed by atoms with van der Waals surface area (Å²) in [5.41, 5.74) is 0.891. The number of amides is 2. The van der Waals surface area contributed by atoms with Gasteiger partial charge in [0.15, 0.2) is 0 Å². The number of carbonyl (C=O) groups excluding carboxylic acids is 1. The van der Waals surface area contributed by atoms with Gasteiger partial charge in [-0.3, -0.25) is 0 Å². The molecule has 4 nitrogen and oxygen atoms in total. The molecule has 0 radical (unpaired) electrons. The zero-order chi connectivity index (χ0) is 15.8. The Bertz CT molecular complexity index is 481. The van der Waals surface area contributed by atoms with E-state index in [2.05, 4.69) is 22.5 Å². The first kappa shape index (κ1) is 16.7. The van der Waals surface area contributed by atoms with Gasteiger partial charge in [-0.05, 0) is 49.4 Å². The highest BCUT2D eigenvalue weighted by Crippen LogP contribution is 2.14. The molecule has 1 atom stereocenters. The molecule has 2 rings (SSSR count). The molecule has 0 spiro atoms. The molecule has 1 fully saturated rings. The summed E-state index contributed by atoms with van der Waals surface area (Å²) in [4.78, 5) is 14.1. The van der Waals surface area contributed by atoms with Crippen molar-refractivity contribution in [2.45, 2.75) is 26.2 Å². The van der Waals surface area contributed by atoms with E-state index in [1.807, 2.05) is 6.07 Å². The van der Waals surface area contributed by atoms with Gasteiger partial charge in [0.05, 0.1) is 0 Å². The molecule has 1 aliphatic rings. The molecule has 0 aliphatic carbocycles. The van der Waals surface area contributed by atoms with Crippen LogP contribution in [0.4, 0.5) is 9.18 Å². The molecule has 122 valence electrons. The van der Waals surface area contributed by atoms with Gasteiger partial charge < -0.3 is 15.5 Å². The number of urea groups is 1. The summed E-state index contributed by atoms with van der Waals surface area (Å²) in [6.45, 7) is 6.62. The number of piperidine rings is 1. The van der Waals surface area contributed by atoms with E-state index in [4.69, 9.17) is 0 Å². The van der Waals surface area contributed by atoms with Crippen molar-refractivity contribution >= 4 is 6.03 Å². The van der Waals surface area contributed by atoms with Crippen LogP contribution in [0.3, 0.4) is 0 Å². The maximum atomic E-state index is 13.0. The third-order valence-corrected chi connectivity index (χ3v) is 4.04. The van der Waals surface area contributed by atoms with Gasteiger partial charge in [0.1, 0.15) is 5.82 Å². The zero-order valence-electron chi connectivity index (χ0n) is 13.3. The lowest BCUT2D eigenvalue weighted by molar-refractivity contribution is 0.184. The van der Waals surface area contributed by atoms with E-state index in [1.165, 1.54) is 25.0 Å². The Morgan fingerprint density at radius 3 is 2.95 bits per heavy atom. The smallest absolute Gasteiger partial charge is 0.314 e. The van der Waals surface area contributed by atoms with Crippen molar-refractivity contribution in [1.29, 1.82) is 0 Å². The Morgan fingerprint density at radius 2 is 2.18 bits per heavy atom. The van der Waals surface area contributed by atoms with E-state index in [0.29, 0.717) is 19.5 Å². The van der Waals surface area contributed by atoms with Crippen LogP contribution in [-0.4, -0.2) is 43.7 Å². The van der Waals surface area contributed by atoms with E-state index in [9.17, 15) is 9.18 Å². The summed E-state index contributed by atoms with van der Waals surface area (Å²) < 4.78 is 13.0. The minimum atomic E-state index is -0.238. The number of hydrogen-bond donors (Lipinski definition) is 2. The highest BCUT2D eigenvalue weighted by atomic mass is 19.1. The van der Waals surface area contributed by atoms with Crippen LogP contribution in [-0.2, 0) is 6.42 Å². The average molecular weight is 307 g/mol. The number of benzene rings is 1. The Balaban J connectivity index is 1.56. The molecule has 0 bridgehead atoms. The number of hydrogen-bond acceptors (Lipinski definition) is 2. The maximum Gasteiger partial charge on any atom is 0.314 e. The molecule has 22 heavy (non-hydrogen) atoms. The zero-order valence-corrected chi connectivity index (χ0v) is 13.3. The second kappa shape index (κ2) is 8.73. The van der Waals surface area contributed by atoms with Crippen LogP contribution in [0.1, 0.15) is 25.3 Å². The standard InChI is InChI=1S/C17H26FN3O/c1-14-4-3-10-21(13-14)11-9-20-17(22)19-8-7-15-5-2-6-16(18)12-15/h2,5-6,12,14H,3-4,7-11,13H2,1H3,(H2,19,20,22). The lowest BCUT2D eigenvalue weighted by Gasteiger charge is -2.30. The maximum absolute atomic E-state index is 13.0. The van der Waals surface area contributed by atoms with Crippen LogP contribution in [0.25, 0.3) is 0 Å². The van der Waals surface area contributed by atoms with E-state index in [1.54, 1.807) is 6.07 Å². The first-order chi connectivity index (χ1) is 10.6. The van der Waals surface area contributed by atoms with E-state index in [0.717, 1.165) is 31.1 Å². The van der Waals surface area contributed by atoms with Crippen LogP contribution in [0, 0.1) is 11.7 Å². The minimum absolute atomic E-state index is 0.151. The van der Waals surface area contributed by atoms with Gasteiger partial charge in [-0.25, -0.2) is 9.18 Å². The van der Waals surface area contributed by atoms with Crippen molar-refractivity contribution in [3.63, 3.8) is 0 Å². The summed E-state index contributed by atoms with van der Waals surface area (Å²) in [5, 5.41) is 5.68. The third kappa shape index (κ3) is 6.02. The second-order valence-electron chi connectivity index (χ2n) is 6.11. The summed E-state index contributed by atoms with van der Waals surface area (Å²) in [5.74, 6) is 0.520. The number of nitrogens with zero attached hydrogens (tertiary/aromatic N) is 1. The summed E-state index contributed by atoms with van der Waals surface area (Å²) in [6, 6.07) is 6.31. The van der Waals surface area contributed by atoms with Crippen LogP contribution in [0.15, 0.2) is 24.3 Å². The average Bonchev–Trinajstić information content (AvgIpc) is 2.47. The molecule has 5 heteroatoms. The monoisotopic (exact) mass is 307 g/mol. The molecule has 0 saturated carbocycles. The van der Waals surface area contributed by atoms with Crippen molar-refractivity contribution in [3.8, 4) is 0 Å². The van der Waals surface area contributed by atoms with Crippen molar-refractivity contribution in [1.82, 2.24) is 15.5 Å². The number of halogens is 1. The molecule has 2 N–H and O–H groups in total. The van der Waals surface area contributed by atoms with Crippen LogP contribution < -0.4 is 10.6 Å². The van der Waals surface area contributed by atoms with Crippen LogP contribution >= 0.6 is 0 Å². The van der Waals surface area contributed by atoms with E-state index < -0.39 is 0 Å². The first-order valence-corrected chi connectivity index (χ1v) is 8.12. The van der Waals surface area contributed by atoms with E-state index in [-0.39, 0.29) is 11.8 Å². The van der Waals surface area contributed by atoms with Gasteiger partial charge in [0, 0.05) is 26.2 Å². The summed E-state index contributed by atoms with van der Waals surface area (Å²) >= 11 is 0. The Hall–Kier alpha value is -1.62. The highest BCUT2D eigenvalue weighted by molar-refractivity contribution is 5.73. The molecule has 2 amide bonds. The normalized spacial score (nSPS) is 18.9. The third-order valence-electron chi connectivity index (χ3n) is 4.04. The number of rotatable bonds is 6. The molecular formula is C17H26FN3O.